The van der Waals surface area contributed by atoms with Gasteiger partial charge in [-0.3, -0.25) is 0 Å². The lowest BCUT2D eigenvalue weighted by Crippen LogP contribution is -2.07. The first kappa shape index (κ1) is 12.1. The average molecular weight is 225 g/mol. The van der Waals surface area contributed by atoms with Crippen LogP contribution < -0.4 is 5.73 Å². The van der Waals surface area contributed by atoms with Crippen molar-refractivity contribution in [3.8, 4) is 0 Å². The minimum atomic E-state index is 0. The maximum atomic E-state index is 6.06. The number of halogens is 1. The molecule has 0 fully saturated rings. The number of benzene rings is 1. The van der Waals surface area contributed by atoms with Gasteiger partial charge in [-0.25, -0.2) is 0 Å². The molecule has 3 heteroatoms. The summed E-state index contributed by atoms with van der Waals surface area (Å²) in [5, 5.41) is 1.28. The number of nitrogens with zero attached hydrogens (tertiary/aromatic N) is 1. The van der Waals surface area contributed by atoms with Gasteiger partial charge in [-0.05, 0) is 18.1 Å². The van der Waals surface area contributed by atoms with Crippen LogP contribution in [-0.2, 0) is 7.05 Å². The highest BCUT2D eigenvalue weighted by Crippen LogP contribution is 2.25. The molecule has 0 saturated heterocycles. The van der Waals surface area contributed by atoms with E-state index >= 15 is 0 Å². The Morgan fingerprint density at radius 3 is 2.67 bits per heavy atom. The van der Waals surface area contributed by atoms with Crippen molar-refractivity contribution < 1.29 is 0 Å². The third-order valence-electron chi connectivity index (χ3n) is 2.77. The molecule has 0 radical (unpaired) electrons. The molecule has 0 spiro atoms. The lowest BCUT2D eigenvalue weighted by atomic mass is 10.1. The fourth-order valence-electron chi connectivity index (χ4n) is 1.89. The summed E-state index contributed by atoms with van der Waals surface area (Å²) in [6.07, 6.45) is 3.12. The van der Waals surface area contributed by atoms with Crippen LogP contribution in [0.4, 0.5) is 0 Å². The van der Waals surface area contributed by atoms with Gasteiger partial charge in [0.15, 0.2) is 0 Å². The Hall–Kier alpha value is -0.990. The number of rotatable bonds is 2. The summed E-state index contributed by atoms with van der Waals surface area (Å²) in [6.45, 7) is 2.12. The Balaban J connectivity index is 0.00000112. The second-order valence-corrected chi connectivity index (χ2v) is 3.73. The smallest absolute Gasteiger partial charge is 0.0481 e. The number of nitrogens with two attached hydrogens (primary N) is 1. The minimum absolute atomic E-state index is 0. The molecule has 2 nitrogen and oxygen atoms in total. The van der Waals surface area contributed by atoms with Gasteiger partial charge in [0.2, 0.25) is 0 Å². The van der Waals surface area contributed by atoms with Gasteiger partial charge in [-0.15, -0.1) is 12.4 Å². The molecule has 0 aliphatic carbocycles. The quantitative estimate of drug-likeness (QED) is 0.836. The maximum absolute atomic E-state index is 6.06. The molecular weight excluding hydrogens is 208 g/mol. The van der Waals surface area contributed by atoms with Crippen LogP contribution in [0, 0.1) is 0 Å². The van der Waals surface area contributed by atoms with Crippen molar-refractivity contribution in [3.63, 3.8) is 0 Å². The maximum Gasteiger partial charge on any atom is 0.0481 e. The van der Waals surface area contributed by atoms with E-state index in [0.717, 1.165) is 6.42 Å². The topological polar surface area (TPSA) is 30.9 Å². The van der Waals surface area contributed by atoms with E-state index in [1.807, 2.05) is 0 Å². The SMILES string of the molecule is CC[C@H](N)c1cn(C)c2ccccc12.Cl. The Morgan fingerprint density at radius 1 is 1.33 bits per heavy atom. The summed E-state index contributed by atoms with van der Waals surface area (Å²) in [4.78, 5) is 0. The van der Waals surface area contributed by atoms with E-state index in [-0.39, 0.29) is 18.4 Å². The molecule has 1 atom stereocenters. The number of aromatic nitrogens is 1. The Labute approximate surface area is 96.5 Å². The minimum Gasteiger partial charge on any atom is -0.350 e. The monoisotopic (exact) mass is 224 g/mol. The van der Waals surface area contributed by atoms with E-state index in [4.69, 9.17) is 5.73 Å². The summed E-state index contributed by atoms with van der Waals surface area (Å²) in [6, 6.07) is 8.54. The third-order valence-corrected chi connectivity index (χ3v) is 2.77. The molecule has 1 aromatic carbocycles. The van der Waals surface area contributed by atoms with Gasteiger partial charge in [0, 0.05) is 30.2 Å². The van der Waals surface area contributed by atoms with E-state index < -0.39 is 0 Å². The van der Waals surface area contributed by atoms with Crippen LogP contribution in [-0.4, -0.2) is 4.57 Å². The fourth-order valence-corrected chi connectivity index (χ4v) is 1.89. The van der Waals surface area contributed by atoms with Gasteiger partial charge in [-0.2, -0.15) is 0 Å². The predicted octanol–water partition coefficient (Wildman–Crippen LogP) is 3.01. The van der Waals surface area contributed by atoms with E-state index in [9.17, 15) is 0 Å². The predicted molar refractivity (Wildman–Crippen MR) is 67.4 cm³/mol. The normalized spacial score (nSPS) is 12.5. The van der Waals surface area contributed by atoms with Crippen molar-refractivity contribution >= 4 is 23.3 Å². The number of para-hydroxylation sites is 1. The Kier molecular flexibility index (Phi) is 3.77. The van der Waals surface area contributed by atoms with E-state index in [0.29, 0.717) is 0 Å². The van der Waals surface area contributed by atoms with Crippen LogP contribution in [0.2, 0.25) is 0 Å². The Bertz CT molecular complexity index is 448. The van der Waals surface area contributed by atoms with Crippen molar-refractivity contribution in [1.29, 1.82) is 0 Å². The average Bonchev–Trinajstić information content (AvgIpc) is 2.56. The van der Waals surface area contributed by atoms with Gasteiger partial charge in [-0.1, -0.05) is 25.1 Å². The van der Waals surface area contributed by atoms with Gasteiger partial charge in [0.1, 0.15) is 0 Å². The molecule has 0 aliphatic rings. The van der Waals surface area contributed by atoms with Gasteiger partial charge in [0.25, 0.3) is 0 Å². The van der Waals surface area contributed by atoms with Crippen molar-refractivity contribution in [2.24, 2.45) is 12.8 Å². The lowest BCUT2D eigenvalue weighted by molar-refractivity contribution is 0.700. The zero-order chi connectivity index (χ0) is 10.1. The van der Waals surface area contributed by atoms with Crippen LogP contribution >= 0.6 is 12.4 Å². The van der Waals surface area contributed by atoms with E-state index in [2.05, 4.69) is 49.0 Å². The van der Waals surface area contributed by atoms with Crippen molar-refractivity contribution in [2.45, 2.75) is 19.4 Å². The largest absolute Gasteiger partial charge is 0.350 e. The van der Waals surface area contributed by atoms with Crippen molar-refractivity contribution in [3.05, 3.63) is 36.0 Å². The molecule has 82 valence electrons. The van der Waals surface area contributed by atoms with E-state index in [1.165, 1.54) is 16.5 Å². The second-order valence-electron chi connectivity index (χ2n) is 3.73. The fraction of sp³-hybridized carbons (Fsp3) is 0.333. The van der Waals surface area contributed by atoms with Crippen LogP contribution in [0.15, 0.2) is 30.5 Å². The number of hydrogen-bond acceptors (Lipinski definition) is 1. The van der Waals surface area contributed by atoms with E-state index in [1.54, 1.807) is 0 Å². The first-order valence-electron chi connectivity index (χ1n) is 5.03. The molecule has 0 saturated carbocycles. The lowest BCUT2D eigenvalue weighted by Gasteiger charge is -2.06. The van der Waals surface area contributed by atoms with Crippen LogP contribution in [0.1, 0.15) is 24.9 Å². The highest BCUT2D eigenvalue weighted by molar-refractivity contribution is 5.85. The second kappa shape index (κ2) is 4.69. The van der Waals surface area contributed by atoms with Crippen molar-refractivity contribution in [2.75, 3.05) is 0 Å². The molecular formula is C12H17ClN2. The number of aryl methyl sites for hydroxylation is 1. The summed E-state index contributed by atoms with van der Waals surface area (Å²) < 4.78 is 2.14. The van der Waals surface area contributed by atoms with Crippen LogP contribution in [0.5, 0.6) is 0 Å². The highest BCUT2D eigenvalue weighted by atomic mass is 35.5. The summed E-state index contributed by atoms with van der Waals surface area (Å²) in [7, 11) is 2.06. The molecule has 2 N–H and O–H groups in total. The molecule has 0 aliphatic heterocycles. The zero-order valence-electron chi connectivity index (χ0n) is 9.10. The molecule has 2 rings (SSSR count). The molecule has 0 amide bonds. The molecule has 2 aromatic rings. The van der Waals surface area contributed by atoms with Gasteiger partial charge in [0.05, 0.1) is 0 Å². The zero-order valence-corrected chi connectivity index (χ0v) is 9.92. The number of fused-ring (bicyclic) bond motifs is 1. The van der Waals surface area contributed by atoms with Gasteiger partial charge >= 0.3 is 0 Å². The third kappa shape index (κ3) is 2.01. The molecule has 0 bridgehead atoms. The first-order valence-corrected chi connectivity index (χ1v) is 5.03. The van der Waals surface area contributed by atoms with Gasteiger partial charge < -0.3 is 10.3 Å². The highest BCUT2D eigenvalue weighted by Gasteiger charge is 2.10. The molecule has 15 heavy (non-hydrogen) atoms. The van der Waals surface area contributed by atoms with Crippen molar-refractivity contribution in [1.82, 2.24) is 4.57 Å². The summed E-state index contributed by atoms with van der Waals surface area (Å²) in [5.74, 6) is 0. The number of hydrogen-bond donors (Lipinski definition) is 1. The molecule has 1 heterocycles. The standard InChI is InChI=1S/C12H16N2.ClH/c1-3-11(13)10-8-14(2)12-7-5-4-6-9(10)12;/h4-8,11H,3,13H2,1-2H3;1H/t11-;/m0./s1. The molecule has 1 aromatic heterocycles. The van der Waals surface area contributed by atoms with Crippen LogP contribution in [0.25, 0.3) is 10.9 Å². The van der Waals surface area contributed by atoms with Crippen LogP contribution in [0.3, 0.4) is 0 Å². The summed E-state index contributed by atoms with van der Waals surface area (Å²) in [5.41, 5.74) is 8.57. The first-order chi connectivity index (χ1) is 6.74. The Morgan fingerprint density at radius 2 is 2.00 bits per heavy atom. The summed E-state index contributed by atoms with van der Waals surface area (Å²) >= 11 is 0. The molecule has 0 unspecified atom stereocenters.